The number of halogens is 1. The molecule has 90 valence electrons. The second kappa shape index (κ2) is 6.91. The van der Waals surface area contributed by atoms with Crippen molar-refractivity contribution >= 4 is 33.2 Å². The van der Waals surface area contributed by atoms with Crippen LogP contribution in [0.4, 0.5) is 0 Å². The predicted octanol–water partition coefficient (Wildman–Crippen LogP) is 3.05. The summed E-state index contributed by atoms with van der Waals surface area (Å²) in [4.78, 5) is 12.5. The van der Waals surface area contributed by atoms with Gasteiger partial charge >= 0.3 is 0 Å². The molecule has 0 saturated carbocycles. The number of carbonyl (C=O) groups excluding carboxylic acids is 1. The third kappa shape index (κ3) is 3.79. The lowest BCUT2D eigenvalue weighted by Gasteiger charge is -2.12. The normalized spacial score (nSPS) is 12.2. The van der Waals surface area contributed by atoms with Crippen LogP contribution < -0.4 is 10.1 Å². The van der Waals surface area contributed by atoms with Gasteiger partial charge in [-0.3, -0.25) is 4.79 Å². The van der Waals surface area contributed by atoms with Gasteiger partial charge in [-0.1, -0.05) is 15.9 Å². The average Bonchev–Trinajstić information content (AvgIpc) is 2.74. The van der Waals surface area contributed by atoms with Crippen LogP contribution in [0.1, 0.15) is 29.4 Å². The van der Waals surface area contributed by atoms with Crippen LogP contribution in [0.2, 0.25) is 0 Å². The van der Waals surface area contributed by atoms with E-state index in [0.717, 1.165) is 18.2 Å². The van der Waals surface area contributed by atoms with Crippen molar-refractivity contribution in [3.8, 4) is 5.75 Å². The number of rotatable bonds is 6. The molecule has 1 rings (SSSR count). The van der Waals surface area contributed by atoms with Crippen molar-refractivity contribution in [2.45, 2.75) is 25.8 Å². The molecule has 1 amide bonds. The van der Waals surface area contributed by atoms with Crippen molar-refractivity contribution in [3.05, 3.63) is 16.3 Å². The number of methoxy groups -OCH3 is 1. The monoisotopic (exact) mass is 305 g/mol. The van der Waals surface area contributed by atoms with Crippen molar-refractivity contribution in [2.24, 2.45) is 0 Å². The summed E-state index contributed by atoms with van der Waals surface area (Å²) >= 11 is 4.78. The Hall–Kier alpha value is -0.550. The fraction of sp³-hybridized carbons (Fsp3) is 0.545. The van der Waals surface area contributed by atoms with E-state index in [0.29, 0.717) is 10.6 Å². The molecule has 1 atom stereocenters. The second-order valence-electron chi connectivity index (χ2n) is 3.52. The largest absolute Gasteiger partial charge is 0.495 e. The zero-order chi connectivity index (χ0) is 12.0. The van der Waals surface area contributed by atoms with E-state index in [2.05, 4.69) is 21.2 Å². The van der Waals surface area contributed by atoms with Gasteiger partial charge in [0.05, 0.1) is 7.11 Å². The van der Waals surface area contributed by atoms with E-state index in [-0.39, 0.29) is 11.9 Å². The average molecular weight is 306 g/mol. The minimum atomic E-state index is -0.0473. The highest BCUT2D eigenvalue weighted by Gasteiger charge is 2.15. The zero-order valence-electron chi connectivity index (χ0n) is 9.46. The Bertz CT molecular complexity index is 340. The number of amides is 1. The minimum Gasteiger partial charge on any atom is -0.495 e. The van der Waals surface area contributed by atoms with Crippen molar-refractivity contribution in [1.82, 2.24) is 5.32 Å². The molecule has 0 aliphatic rings. The maximum Gasteiger partial charge on any atom is 0.265 e. The number of thiophene rings is 1. The molecule has 16 heavy (non-hydrogen) atoms. The Labute approximate surface area is 108 Å². The molecule has 0 aliphatic carbocycles. The number of alkyl halides is 1. The lowest BCUT2D eigenvalue weighted by atomic mass is 10.2. The molecule has 1 N–H and O–H groups in total. The number of nitrogens with one attached hydrogen (secondary N) is 1. The molecule has 0 aliphatic heterocycles. The zero-order valence-corrected chi connectivity index (χ0v) is 11.9. The number of hydrogen-bond acceptors (Lipinski definition) is 3. The number of ether oxygens (including phenoxy) is 1. The summed E-state index contributed by atoms with van der Waals surface area (Å²) in [5.41, 5.74) is 0. The molecule has 0 saturated heterocycles. The summed E-state index contributed by atoms with van der Waals surface area (Å²) < 4.78 is 5.11. The maximum atomic E-state index is 11.9. The third-order valence-electron chi connectivity index (χ3n) is 2.20. The first-order chi connectivity index (χ1) is 7.69. The summed E-state index contributed by atoms with van der Waals surface area (Å²) in [7, 11) is 1.58. The molecule has 1 heterocycles. The first kappa shape index (κ1) is 13.5. The summed E-state index contributed by atoms with van der Waals surface area (Å²) in [6, 6.07) is 2.00. The van der Waals surface area contributed by atoms with Crippen LogP contribution in [0, 0.1) is 0 Å². The van der Waals surface area contributed by atoms with Gasteiger partial charge in [0.1, 0.15) is 10.6 Å². The van der Waals surface area contributed by atoms with Crippen molar-refractivity contribution in [2.75, 3.05) is 12.4 Å². The fourth-order valence-corrected chi connectivity index (χ4v) is 2.45. The van der Waals surface area contributed by atoms with Crippen LogP contribution in [-0.2, 0) is 0 Å². The Morgan fingerprint density at radius 1 is 1.69 bits per heavy atom. The molecule has 0 bridgehead atoms. The summed E-state index contributed by atoms with van der Waals surface area (Å²) in [6.45, 7) is 2.01. The van der Waals surface area contributed by atoms with E-state index in [1.807, 2.05) is 18.4 Å². The third-order valence-corrected chi connectivity index (χ3v) is 3.66. The Balaban J connectivity index is 2.52. The molecule has 5 heteroatoms. The van der Waals surface area contributed by atoms with Crippen LogP contribution in [-0.4, -0.2) is 24.4 Å². The highest BCUT2D eigenvalue weighted by molar-refractivity contribution is 9.09. The Morgan fingerprint density at radius 2 is 2.44 bits per heavy atom. The fourth-order valence-electron chi connectivity index (χ4n) is 1.37. The van der Waals surface area contributed by atoms with E-state index < -0.39 is 0 Å². The standard InChI is InChI=1S/C11H16BrNO2S/c1-8(4-3-6-12)13-11(14)10-9(15-2)5-7-16-10/h5,7-8H,3-4,6H2,1-2H3,(H,13,14). The van der Waals surface area contributed by atoms with Crippen molar-refractivity contribution < 1.29 is 9.53 Å². The molecule has 1 aromatic rings. The second-order valence-corrected chi connectivity index (χ2v) is 5.23. The first-order valence-corrected chi connectivity index (χ1v) is 7.17. The van der Waals surface area contributed by atoms with Gasteiger partial charge in [-0.2, -0.15) is 0 Å². The SMILES string of the molecule is COc1ccsc1C(=O)NC(C)CCCBr. The molecular weight excluding hydrogens is 290 g/mol. The van der Waals surface area contributed by atoms with Crippen LogP contribution >= 0.6 is 27.3 Å². The quantitative estimate of drug-likeness (QED) is 0.820. The molecule has 0 aromatic carbocycles. The van der Waals surface area contributed by atoms with Gasteiger partial charge in [-0.25, -0.2) is 0 Å². The first-order valence-electron chi connectivity index (χ1n) is 5.17. The molecule has 3 nitrogen and oxygen atoms in total. The van der Waals surface area contributed by atoms with Gasteiger partial charge in [0.25, 0.3) is 5.91 Å². The van der Waals surface area contributed by atoms with Gasteiger partial charge < -0.3 is 10.1 Å². The molecule has 1 unspecified atom stereocenters. The number of hydrogen-bond donors (Lipinski definition) is 1. The van der Waals surface area contributed by atoms with E-state index in [1.165, 1.54) is 11.3 Å². The molecular formula is C11H16BrNO2S. The maximum absolute atomic E-state index is 11.9. The molecule has 0 fully saturated rings. The minimum absolute atomic E-state index is 0.0473. The van der Waals surface area contributed by atoms with Crippen LogP contribution in [0.3, 0.4) is 0 Å². The predicted molar refractivity (Wildman–Crippen MR) is 70.8 cm³/mol. The lowest BCUT2D eigenvalue weighted by Crippen LogP contribution is -2.32. The molecule has 0 spiro atoms. The topological polar surface area (TPSA) is 38.3 Å². The Morgan fingerprint density at radius 3 is 3.06 bits per heavy atom. The highest BCUT2D eigenvalue weighted by atomic mass is 79.9. The highest BCUT2D eigenvalue weighted by Crippen LogP contribution is 2.24. The lowest BCUT2D eigenvalue weighted by molar-refractivity contribution is 0.0940. The van der Waals surface area contributed by atoms with Gasteiger partial charge in [0, 0.05) is 11.4 Å². The number of carbonyl (C=O) groups is 1. The summed E-state index contributed by atoms with van der Waals surface area (Å²) in [6.07, 6.45) is 2.04. The smallest absolute Gasteiger partial charge is 0.265 e. The molecule has 0 radical (unpaired) electrons. The summed E-state index contributed by atoms with van der Waals surface area (Å²) in [5.74, 6) is 0.601. The van der Waals surface area contributed by atoms with Crippen LogP contribution in [0.25, 0.3) is 0 Å². The summed E-state index contributed by atoms with van der Waals surface area (Å²) in [5, 5.41) is 5.79. The van der Waals surface area contributed by atoms with Gasteiger partial charge in [0.15, 0.2) is 0 Å². The van der Waals surface area contributed by atoms with Gasteiger partial charge in [0.2, 0.25) is 0 Å². The van der Waals surface area contributed by atoms with E-state index in [9.17, 15) is 4.79 Å². The van der Waals surface area contributed by atoms with E-state index in [1.54, 1.807) is 7.11 Å². The Kier molecular flexibility index (Phi) is 5.84. The molecule has 1 aromatic heterocycles. The van der Waals surface area contributed by atoms with E-state index in [4.69, 9.17) is 4.74 Å². The van der Waals surface area contributed by atoms with Gasteiger partial charge in [-0.05, 0) is 31.2 Å². The van der Waals surface area contributed by atoms with Crippen LogP contribution in [0.15, 0.2) is 11.4 Å². The van der Waals surface area contributed by atoms with Crippen molar-refractivity contribution in [1.29, 1.82) is 0 Å². The van der Waals surface area contributed by atoms with E-state index >= 15 is 0 Å². The van der Waals surface area contributed by atoms with Crippen LogP contribution in [0.5, 0.6) is 5.75 Å². The van der Waals surface area contributed by atoms with Crippen molar-refractivity contribution in [3.63, 3.8) is 0 Å². The van der Waals surface area contributed by atoms with Gasteiger partial charge in [-0.15, -0.1) is 11.3 Å².